The van der Waals surface area contributed by atoms with E-state index in [9.17, 15) is 18.8 Å². The molecule has 0 saturated heterocycles. The van der Waals surface area contributed by atoms with Gasteiger partial charge in [-0.1, -0.05) is 24.9 Å². The number of nitrogen functional groups attached to an aromatic ring is 1. The predicted octanol–water partition coefficient (Wildman–Crippen LogP) is 2.14. The fourth-order valence-corrected chi connectivity index (χ4v) is 2.80. The third-order valence-electron chi connectivity index (χ3n) is 4.09. The molecule has 28 heavy (non-hydrogen) atoms. The normalized spacial score (nSPS) is 10.7. The number of aromatic amines is 1. The molecule has 8 nitrogen and oxygen atoms in total. The zero-order chi connectivity index (χ0) is 20.8. The monoisotopic (exact) mass is 412 g/mol. The molecule has 0 radical (unpaired) electrons. The Morgan fingerprint density at radius 1 is 1.36 bits per heavy atom. The summed E-state index contributed by atoms with van der Waals surface area (Å²) in [6.45, 7) is 3.64. The fraction of sp³-hybridized carbons (Fsp3) is 0.389. The van der Waals surface area contributed by atoms with E-state index in [1.807, 2.05) is 6.92 Å². The number of hydrogen-bond acceptors (Lipinski definition) is 5. The van der Waals surface area contributed by atoms with Gasteiger partial charge in [-0.2, -0.15) is 0 Å². The Morgan fingerprint density at radius 3 is 2.68 bits per heavy atom. The summed E-state index contributed by atoms with van der Waals surface area (Å²) >= 11 is 5.69. The molecule has 0 aliphatic carbocycles. The summed E-state index contributed by atoms with van der Waals surface area (Å²) < 4.78 is 19.8. The Kier molecular flexibility index (Phi) is 7.22. The topological polar surface area (TPSA) is 110 Å². The third-order valence-corrected chi connectivity index (χ3v) is 4.38. The second kappa shape index (κ2) is 9.41. The number of aromatic nitrogens is 2. The van der Waals surface area contributed by atoms with E-state index in [0.717, 1.165) is 17.4 Å². The molecule has 10 heteroatoms. The molecule has 2 aromatic rings. The lowest BCUT2D eigenvalue weighted by Crippen LogP contribution is -2.42. The van der Waals surface area contributed by atoms with Gasteiger partial charge in [0.15, 0.2) is 12.3 Å². The van der Waals surface area contributed by atoms with Crippen molar-refractivity contribution < 1.29 is 13.9 Å². The van der Waals surface area contributed by atoms with E-state index < -0.39 is 29.6 Å². The number of amides is 1. The van der Waals surface area contributed by atoms with E-state index in [1.165, 1.54) is 16.7 Å². The maximum atomic E-state index is 13.2. The van der Waals surface area contributed by atoms with Crippen molar-refractivity contribution >= 4 is 29.0 Å². The van der Waals surface area contributed by atoms with E-state index >= 15 is 0 Å². The first kappa shape index (κ1) is 21.5. The van der Waals surface area contributed by atoms with Gasteiger partial charge < -0.3 is 15.4 Å². The molecule has 0 spiro atoms. The van der Waals surface area contributed by atoms with Crippen molar-refractivity contribution in [2.24, 2.45) is 0 Å². The van der Waals surface area contributed by atoms with Crippen molar-refractivity contribution in [2.45, 2.75) is 33.2 Å². The predicted molar refractivity (Wildman–Crippen MR) is 106 cm³/mol. The van der Waals surface area contributed by atoms with Crippen LogP contribution in [0.2, 0.25) is 5.02 Å². The number of ether oxygens (including phenoxy) is 1. The van der Waals surface area contributed by atoms with Gasteiger partial charge in [0.25, 0.3) is 11.5 Å². The van der Waals surface area contributed by atoms with Crippen LogP contribution in [0.3, 0.4) is 0 Å². The van der Waals surface area contributed by atoms with Crippen molar-refractivity contribution in [1.82, 2.24) is 9.55 Å². The zero-order valence-corrected chi connectivity index (χ0v) is 16.4. The minimum Gasteiger partial charge on any atom is -0.484 e. The number of H-pyrrole nitrogens is 1. The Balaban J connectivity index is 2.28. The standard InChI is InChI=1S/C18H22ClFN4O4/c1-3-5-8-24-16(21)15(17(26)22-18(24)27)23(4-2)14(25)10-28-11-6-7-13(20)12(19)9-11/h6-7,9H,3-5,8,10,21H2,1-2H3,(H,22,26,27). The summed E-state index contributed by atoms with van der Waals surface area (Å²) in [6.07, 6.45) is 1.51. The molecule has 1 amide bonds. The molecule has 0 aliphatic rings. The van der Waals surface area contributed by atoms with E-state index in [-0.39, 0.29) is 28.8 Å². The first-order chi connectivity index (χ1) is 13.3. The summed E-state index contributed by atoms with van der Waals surface area (Å²) in [5.41, 5.74) is 4.55. The number of nitrogens with zero attached hydrogens (tertiary/aromatic N) is 2. The van der Waals surface area contributed by atoms with Crippen LogP contribution in [0.5, 0.6) is 5.75 Å². The molecule has 1 heterocycles. The average molecular weight is 413 g/mol. The number of hydrogen-bond donors (Lipinski definition) is 2. The number of benzene rings is 1. The number of likely N-dealkylation sites (N-methyl/N-ethyl adjacent to an activating group) is 1. The molecular formula is C18H22ClFN4O4. The molecule has 1 aromatic heterocycles. The summed E-state index contributed by atoms with van der Waals surface area (Å²) in [7, 11) is 0. The number of anilines is 2. The molecule has 152 valence electrons. The van der Waals surface area contributed by atoms with Crippen LogP contribution in [-0.4, -0.2) is 28.6 Å². The molecule has 0 bridgehead atoms. The minimum atomic E-state index is -0.754. The van der Waals surface area contributed by atoms with E-state index in [1.54, 1.807) is 6.92 Å². The molecule has 0 atom stereocenters. The van der Waals surface area contributed by atoms with Crippen LogP contribution in [-0.2, 0) is 11.3 Å². The van der Waals surface area contributed by atoms with Crippen molar-refractivity contribution in [2.75, 3.05) is 23.8 Å². The molecule has 3 N–H and O–H groups in total. The van der Waals surface area contributed by atoms with Crippen LogP contribution in [0.1, 0.15) is 26.7 Å². The van der Waals surface area contributed by atoms with Gasteiger partial charge in [-0.3, -0.25) is 19.1 Å². The summed E-state index contributed by atoms with van der Waals surface area (Å²) in [4.78, 5) is 40.3. The molecule has 0 aliphatic heterocycles. The lowest BCUT2D eigenvalue weighted by atomic mass is 10.3. The molecule has 0 saturated carbocycles. The highest BCUT2D eigenvalue weighted by atomic mass is 35.5. The number of carbonyl (C=O) groups excluding carboxylic acids is 1. The van der Waals surface area contributed by atoms with Gasteiger partial charge in [-0.25, -0.2) is 9.18 Å². The van der Waals surface area contributed by atoms with Crippen LogP contribution in [0.4, 0.5) is 15.9 Å². The SMILES string of the molecule is CCCCn1c(N)c(N(CC)C(=O)COc2ccc(F)c(Cl)c2)c(=O)[nH]c1=O. The fourth-order valence-electron chi connectivity index (χ4n) is 2.63. The van der Waals surface area contributed by atoms with E-state index in [0.29, 0.717) is 13.0 Å². The highest BCUT2D eigenvalue weighted by Crippen LogP contribution is 2.22. The first-order valence-electron chi connectivity index (χ1n) is 8.80. The molecule has 0 unspecified atom stereocenters. The Labute approximate surface area is 165 Å². The summed E-state index contributed by atoms with van der Waals surface area (Å²) in [6, 6.07) is 3.69. The van der Waals surface area contributed by atoms with Crippen LogP contribution < -0.4 is 26.6 Å². The smallest absolute Gasteiger partial charge is 0.330 e. The van der Waals surface area contributed by atoms with Gasteiger partial charge in [0, 0.05) is 19.2 Å². The van der Waals surface area contributed by atoms with Crippen LogP contribution in [0, 0.1) is 5.82 Å². The number of unbranched alkanes of at least 4 members (excludes halogenated alkanes) is 1. The maximum Gasteiger partial charge on any atom is 0.330 e. The Morgan fingerprint density at radius 2 is 2.07 bits per heavy atom. The first-order valence-corrected chi connectivity index (χ1v) is 9.18. The maximum absolute atomic E-state index is 13.2. The average Bonchev–Trinajstić information content (AvgIpc) is 2.65. The van der Waals surface area contributed by atoms with E-state index in [4.69, 9.17) is 22.1 Å². The van der Waals surface area contributed by atoms with Crippen molar-refractivity contribution in [3.05, 3.63) is 49.9 Å². The third kappa shape index (κ3) is 4.72. The molecular weight excluding hydrogens is 391 g/mol. The van der Waals surface area contributed by atoms with Crippen LogP contribution in [0.15, 0.2) is 27.8 Å². The lowest BCUT2D eigenvalue weighted by molar-refractivity contribution is -0.120. The largest absolute Gasteiger partial charge is 0.484 e. The van der Waals surface area contributed by atoms with E-state index in [2.05, 4.69) is 4.98 Å². The van der Waals surface area contributed by atoms with Gasteiger partial charge in [-0.05, 0) is 25.5 Å². The zero-order valence-electron chi connectivity index (χ0n) is 15.6. The van der Waals surface area contributed by atoms with Crippen molar-refractivity contribution in [3.8, 4) is 5.75 Å². The van der Waals surface area contributed by atoms with Crippen LogP contribution >= 0.6 is 11.6 Å². The Bertz CT molecular complexity index is 973. The van der Waals surface area contributed by atoms with Gasteiger partial charge in [0.1, 0.15) is 17.4 Å². The quantitative estimate of drug-likeness (QED) is 0.690. The van der Waals surface area contributed by atoms with Crippen molar-refractivity contribution in [1.29, 1.82) is 0 Å². The lowest BCUT2D eigenvalue weighted by Gasteiger charge is -2.23. The van der Waals surface area contributed by atoms with Gasteiger partial charge in [0.05, 0.1) is 5.02 Å². The highest BCUT2D eigenvalue weighted by molar-refractivity contribution is 6.30. The number of nitrogens with two attached hydrogens (primary N) is 1. The van der Waals surface area contributed by atoms with Crippen LogP contribution in [0.25, 0.3) is 0 Å². The molecule has 0 fully saturated rings. The van der Waals surface area contributed by atoms with Gasteiger partial charge in [-0.15, -0.1) is 0 Å². The van der Waals surface area contributed by atoms with Gasteiger partial charge in [0.2, 0.25) is 0 Å². The highest BCUT2D eigenvalue weighted by Gasteiger charge is 2.23. The number of rotatable bonds is 8. The molecule has 2 rings (SSSR count). The van der Waals surface area contributed by atoms with Crippen molar-refractivity contribution in [3.63, 3.8) is 0 Å². The number of halogens is 2. The molecule has 1 aromatic carbocycles. The second-order valence-corrected chi connectivity index (χ2v) is 6.41. The van der Waals surface area contributed by atoms with Gasteiger partial charge >= 0.3 is 5.69 Å². The number of nitrogens with one attached hydrogen (secondary N) is 1. The Hall–Kier alpha value is -2.81. The number of carbonyl (C=O) groups is 1. The summed E-state index contributed by atoms with van der Waals surface area (Å²) in [5.74, 6) is -1.04. The second-order valence-electron chi connectivity index (χ2n) is 6.00. The minimum absolute atomic E-state index is 0.0813. The summed E-state index contributed by atoms with van der Waals surface area (Å²) in [5, 5.41) is -0.138.